The summed E-state index contributed by atoms with van der Waals surface area (Å²) in [6, 6.07) is 9.78. The second-order valence-corrected chi connectivity index (χ2v) is 5.24. The van der Waals surface area contributed by atoms with Crippen molar-refractivity contribution in [2.75, 3.05) is 14.2 Å². The fraction of sp³-hybridized carbons (Fsp3) is 0.438. The van der Waals surface area contributed by atoms with Gasteiger partial charge in [0.2, 0.25) is 0 Å². The number of ether oxygens (including phenoxy) is 2. The van der Waals surface area contributed by atoms with Crippen molar-refractivity contribution in [2.45, 2.75) is 32.2 Å². The van der Waals surface area contributed by atoms with E-state index < -0.39 is 11.9 Å². The van der Waals surface area contributed by atoms with E-state index in [-0.39, 0.29) is 0 Å². The van der Waals surface area contributed by atoms with Crippen LogP contribution in [0.15, 0.2) is 30.3 Å². The topological polar surface area (TPSA) is 51.6 Å². The molecule has 0 spiro atoms. The fourth-order valence-electron chi connectivity index (χ4n) is 2.27. The minimum absolute atomic E-state index is 0.366. The number of pyridine rings is 1. The maximum Gasteiger partial charge on any atom is 0.159 e. The van der Waals surface area contributed by atoms with Gasteiger partial charge in [0.25, 0.3) is 0 Å². The molecule has 0 bridgehead atoms. The van der Waals surface area contributed by atoms with Crippen LogP contribution in [0.1, 0.15) is 24.6 Å². The third kappa shape index (κ3) is 3.15. The minimum atomic E-state index is -1.02. The predicted molar refractivity (Wildman–Crippen MR) is 78.5 cm³/mol. The van der Waals surface area contributed by atoms with Gasteiger partial charge in [0.1, 0.15) is 0 Å². The molecular formula is C16H21NO3. The first-order valence-electron chi connectivity index (χ1n) is 6.62. The average Bonchev–Trinajstić information content (AvgIpc) is 2.44. The number of hydrogen-bond acceptors (Lipinski definition) is 4. The van der Waals surface area contributed by atoms with Gasteiger partial charge in [0.15, 0.2) is 6.29 Å². The van der Waals surface area contributed by atoms with E-state index in [0.717, 1.165) is 22.2 Å². The molecule has 0 aliphatic heterocycles. The molecule has 1 unspecified atom stereocenters. The van der Waals surface area contributed by atoms with E-state index in [1.165, 1.54) is 0 Å². The Morgan fingerprint density at radius 1 is 1.20 bits per heavy atom. The summed E-state index contributed by atoms with van der Waals surface area (Å²) < 4.78 is 10.3. The Bertz CT molecular complexity index is 591. The molecule has 4 heteroatoms. The molecule has 0 aliphatic rings. The summed E-state index contributed by atoms with van der Waals surface area (Å²) in [4.78, 5) is 4.46. The van der Waals surface area contributed by atoms with E-state index in [2.05, 4.69) is 4.98 Å². The quantitative estimate of drug-likeness (QED) is 0.852. The monoisotopic (exact) mass is 275 g/mol. The Hall–Kier alpha value is -1.49. The third-order valence-corrected chi connectivity index (χ3v) is 3.54. The van der Waals surface area contributed by atoms with Gasteiger partial charge in [0, 0.05) is 31.7 Å². The summed E-state index contributed by atoms with van der Waals surface area (Å²) in [6.07, 6.45) is -0.0676. The summed E-state index contributed by atoms with van der Waals surface area (Å²) in [5.74, 6) is 0. The summed E-state index contributed by atoms with van der Waals surface area (Å²) in [6.45, 7) is 3.73. The highest BCUT2D eigenvalue weighted by molar-refractivity contribution is 5.79. The highest BCUT2D eigenvalue weighted by atomic mass is 16.7. The van der Waals surface area contributed by atoms with Crippen LogP contribution in [-0.4, -0.2) is 30.6 Å². The summed E-state index contributed by atoms with van der Waals surface area (Å²) in [7, 11) is 3.13. The maximum atomic E-state index is 10.7. The van der Waals surface area contributed by atoms with Gasteiger partial charge in [-0.1, -0.05) is 12.1 Å². The molecule has 1 atom stereocenters. The molecule has 2 rings (SSSR count). The van der Waals surface area contributed by atoms with Crippen LogP contribution in [0.25, 0.3) is 10.9 Å². The average molecular weight is 275 g/mol. The third-order valence-electron chi connectivity index (χ3n) is 3.54. The second-order valence-electron chi connectivity index (χ2n) is 5.24. The maximum absolute atomic E-state index is 10.7. The van der Waals surface area contributed by atoms with Gasteiger partial charge >= 0.3 is 0 Å². The first-order chi connectivity index (χ1) is 9.46. The normalized spacial score (nSPS) is 14.7. The van der Waals surface area contributed by atoms with Crippen molar-refractivity contribution in [3.63, 3.8) is 0 Å². The second kappa shape index (κ2) is 5.87. The van der Waals surface area contributed by atoms with Crippen LogP contribution in [0, 0.1) is 6.92 Å². The highest BCUT2D eigenvalue weighted by Gasteiger charge is 2.27. The van der Waals surface area contributed by atoms with E-state index in [0.29, 0.717) is 6.42 Å². The first-order valence-corrected chi connectivity index (χ1v) is 6.62. The molecule has 4 nitrogen and oxygen atoms in total. The van der Waals surface area contributed by atoms with Crippen LogP contribution in [0.2, 0.25) is 0 Å². The SMILES string of the molecule is COC(CC(C)(O)c1ccc2nc(C)ccc2c1)OC. The number of hydrogen-bond donors (Lipinski definition) is 1. The Morgan fingerprint density at radius 3 is 2.55 bits per heavy atom. The first kappa shape index (κ1) is 14.9. The summed E-state index contributed by atoms with van der Waals surface area (Å²) in [5, 5.41) is 11.7. The molecule has 20 heavy (non-hydrogen) atoms. The van der Waals surface area contributed by atoms with Gasteiger partial charge in [-0.05, 0) is 37.6 Å². The number of benzene rings is 1. The van der Waals surface area contributed by atoms with Gasteiger partial charge in [-0.25, -0.2) is 0 Å². The Kier molecular flexibility index (Phi) is 4.38. The van der Waals surface area contributed by atoms with E-state index in [1.807, 2.05) is 37.3 Å². The van der Waals surface area contributed by atoms with Crippen LogP contribution >= 0.6 is 0 Å². The lowest BCUT2D eigenvalue weighted by Crippen LogP contribution is -2.29. The predicted octanol–water partition coefficient (Wildman–Crippen LogP) is 2.76. The van der Waals surface area contributed by atoms with E-state index >= 15 is 0 Å². The van der Waals surface area contributed by atoms with Crippen LogP contribution < -0.4 is 0 Å². The van der Waals surface area contributed by atoms with E-state index in [4.69, 9.17) is 9.47 Å². The largest absolute Gasteiger partial charge is 0.385 e. The van der Waals surface area contributed by atoms with Crippen LogP contribution in [0.3, 0.4) is 0 Å². The smallest absolute Gasteiger partial charge is 0.159 e. The lowest BCUT2D eigenvalue weighted by atomic mass is 9.91. The molecular weight excluding hydrogens is 254 g/mol. The Balaban J connectivity index is 2.33. The van der Waals surface area contributed by atoms with Crippen LogP contribution in [0.4, 0.5) is 0 Å². The molecule has 1 aromatic heterocycles. The number of nitrogens with zero attached hydrogens (tertiary/aromatic N) is 1. The molecule has 1 N–H and O–H groups in total. The minimum Gasteiger partial charge on any atom is -0.385 e. The number of fused-ring (bicyclic) bond motifs is 1. The zero-order chi connectivity index (χ0) is 14.8. The Labute approximate surface area is 119 Å². The number of aliphatic hydroxyl groups is 1. The van der Waals surface area contributed by atoms with Crippen LogP contribution in [-0.2, 0) is 15.1 Å². The molecule has 1 aromatic carbocycles. The molecule has 0 radical (unpaired) electrons. The summed E-state index contributed by atoms with van der Waals surface area (Å²) in [5.41, 5.74) is 1.72. The van der Waals surface area contributed by atoms with E-state index in [9.17, 15) is 5.11 Å². The van der Waals surface area contributed by atoms with Crippen LogP contribution in [0.5, 0.6) is 0 Å². The van der Waals surface area contributed by atoms with Crippen molar-refractivity contribution in [2.24, 2.45) is 0 Å². The molecule has 2 aromatic rings. The lowest BCUT2D eigenvalue weighted by Gasteiger charge is -2.27. The number of methoxy groups -OCH3 is 2. The van der Waals surface area contributed by atoms with Crippen molar-refractivity contribution in [3.05, 3.63) is 41.6 Å². The van der Waals surface area contributed by atoms with Crippen molar-refractivity contribution in [1.29, 1.82) is 0 Å². The van der Waals surface area contributed by atoms with Crippen molar-refractivity contribution in [1.82, 2.24) is 4.98 Å². The van der Waals surface area contributed by atoms with Gasteiger partial charge in [-0.2, -0.15) is 0 Å². The highest BCUT2D eigenvalue weighted by Crippen LogP contribution is 2.29. The number of aryl methyl sites for hydroxylation is 1. The Morgan fingerprint density at radius 2 is 1.90 bits per heavy atom. The zero-order valence-corrected chi connectivity index (χ0v) is 12.4. The molecule has 108 valence electrons. The van der Waals surface area contributed by atoms with Gasteiger partial charge in [-0.15, -0.1) is 0 Å². The molecule has 0 fully saturated rings. The van der Waals surface area contributed by atoms with Gasteiger partial charge in [0.05, 0.1) is 11.1 Å². The van der Waals surface area contributed by atoms with Gasteiger partial charge < -0.3 is 14.6 Å². The van der Waals surface area contributed by atoms with Gasteiger partial charge in [-0.3, -0.25) is 4.98 Å². The standard InChI is InChI=1S/C16H21NO3/c1-11-5-6-12-9-13(7-8-14(12)17-11)16(2,18)10-15(19-3)20-4/h5-9,15,18H,10H2,1-4H3. The van der Waals surface area contributed by atoms with Crippen molar-refractivity contribution < 1.29 is 14.6 Å². The zero-order valence-electron chi connectivity index (χ0n) is 12.4. The molecule has 0 aliphatic carbocycles. The fourth-order valence-corrected chi connectivity index (χ4v) is 2.27. The number of aromatic nitrogens is 1. The molecule has 0 saturated carbocycles. The van der Waals surface area contributed by atoms with E-state index in [1.54, 1.807) is 21.1 Å². The number of rotatable bonds is 5. The van der Waals surface area contributed by atoms with Crippen molar-refractivity contribution in [3.8, 4) is 0 Å². The summed E-state index contributed by atoms with van der Waals surface area (Å²) >= 11 is 0. The molecule has 0 saturated heterocycles. The molecule has 1 heterocycles. The van der Waals surface area contributed by atoms with Crippen molar-refractivity contribution >= 4 is 10.9 Å². The molecule has 0 amide bonds. The lowest BCUT2D eigenvalue weighted by molar-refractivity contribution is -0.142.